The van der Waals surface area contributed by atoms with Crippen molar-refractivity contribution in [2.24, 2.45) is 0 Å². The molecule has 0 saturated heterocycles. The smallest absolute Gasteiger partial charge is 0.143 e. The molecule has 0 atom stereocenters. The first kappa shape index (κ1) is 47.4. The van der Waals surface area contributed by atoms with Crippen molar-refractivity contribution in [3.8, 4) is 44.6 Å². The van der Waals surface area contributed by atoms with Crippen LogP contribution in [-0.4, -0.2) is 4.98 Å². The van der Waals surface area contributed by atoms with Gasteiger partial charge in [-0.2, -0.15) is 0 Å². The van der Waals surface area contributed by atoms with Crippen LogP contribution in [-0.2, 0) is 5.41 Å². The van der Waals surface area contributed by atoms with E-state index < -0.39 is 5.41 Å². The summed E-state index contributed by atoms with van der Waals surface area (Å²) in [5.41, 5.74) is 21.7. The quantitative estimate of drug-likeness (QED) is 0.114. The largest absolute Gasteiger partial charge is 0.455 e. The molecule has 0 spiro atoms. The number of benzene rings is 10. The summed E-state index contributed by atoms with van der Waals surface area (Å²) in [7, 11) is 0. The van der Waals surface area contributed by atoms with Gasteiger partial charge in [-0.15, -0.1) is 0 Å². The number of fused-ring (bicyclic) bond motifs is 7. The Morgan fingerprint density at radius 3 is 1.76 bits per heavy atom. The molecule has 79 heavy (non-hydrogen) atoms. The molecule has 0 unspecified atom stereocenters. The number of pyridine rings is 1. The van der Waals surface area contributed by atoms with Crippen LogP contribution in [0.1, 0.15) is 46.2 Å². The van der Waals surface area contributed by atoms with E-state index in [-0.39, 0.29) is 0 Å². The van der Waals surface area contributed by atoms with Crippen molar-refractivity contribution >= 4 is 62.8 Å². The van der Waals surface area contributed by atoms with E-state index in [2.05, 4.69) is 291 Å². The van der Waals surface area contributed by atoms with Crippen molar-refractivity contribution in [3.05, 3.63) is 324 Å². The highest BCUT2D eigenvalue weighted by molar-refractivity contribution is 6.09. The van der Waals surface area contributed by atoms with Crippen molar-refractivity contribution in [1.29, 1.82) is 0 Å². The number of rotatable bonds is 12. The van der Waals surface area contributed by atoms with Gasteiger partial charge in [-0.1, -0.05) is 243 Å². The van der Waals surface area contributed by atoms with Crippen LogP contribution in [0.15, 0.2) is 284 Å². The molecule has 0 radical (unpaired) electrons. The van der Waals surface area contributed by atoms with E-state index in [0.29, 0.717) is 0 Å². The first-order chi connectivity index (χ1) is 39.1. The standard InChI is InChI=1S/C76H54N2O/c1-52(57-42-49-71-69(51-57)66-29-14-16-33-70(66)76(71,60-25-7-3-8-26-60)61-27-9-4-10-28-61)20-11-12-24-59-50-58-23-13-17-34-72(58)77-74(59)56-40-47-64(48-41-56)78(62-43-36-54(37-44-62)53-21-5-2-6-22-53)63-45-38-55(39-46-63)65-31-19-32-68-67-30-15-18-35-73(67)79-75(65)68/h2-12,14-16,18-51H,1,13,17H2/b20-11-,24-12+. The van der Waals surface area contributed by atoms with Crippen LogP contribution in [0.4, 0.5) is 17.1 Å². The van der Waals surface area contributed by atoms with E-state index >= 15 is 0 Å². The lowest BCUT2D eigenvalue weighted by molar-refractivity contribution is 0.670. The minimum atomic E-state index is -0.432. The topological polar surface area (TPSA) is 29.3 Å². The summed E-state index contributed by atoms with van der Waals surface area (Å²) in [6.45, 7) is 4.60. The van der Waals surface area contributed by atoms with E-state index in [1.54, 1.807) is 0 Å². The third-order valence-electron chi connectivity index (χ3n) is 16.0. The summed E-state index contributed by atoms with van der Waals surface area (Å²) in [5, 5.41) is 4.45. The Hall–Kier alpha value is -10.1. The molecule has 2 aliphatic carbocycles. The van der Waals surface area contributed by atoms with Gasteiger partial charge in [0.1, 0.15) is 11.2 Å². The normalized spacial score (nSPS) is 13.2. The fraction of sp³-hybridized carbons (Fsp3) is 0.0395. The lowest BCUT2D eigenvalue weighted by Gasteiger charge is -2.33. The van der Waals surface area contributed by atoms with Crippen molar-refractivity contribution < 1.29 is 4.42 Å². The van der Waals surface area contributed by atoms with Crippen LogP contribution in [0.2, 0.25) is 0 Å². The van der Waals surface area contributed by atoms with Gasteiger partial charge in [0.25, 0.3) is 0 Å². The van der Waals surface area contributed by atoms with E-state index in [1.165, 1.54) is 49.7 Å². The molecule has 3 heteroatoms. The lowest BCUT2D eigenvalue weighted by Crippen LogP contribution is -2.31. The molecule has 12 aromatic rings. The molecule has 2 aliphatic rings. The van der Waals surface area contributed by atoms with Crippen LogP contribution in [0, 0.1) is 0 Å². The van der Waals surface area contributed by atoms with E-state index in [0.717, 1.165) is 96.3 Å². The van der Waals surface area contributed by atoms with Crippen LogP contribution in [0.3, 0.4) is 0 Å². The number of nitrogens with zero attached hydrogens (tertiary/aromatic N) is 2. The van der Waals surface area contributed by atoms with Crippen LogP contribution in [0.5, 0.6) is 0 Å². The van der Waals surface area contributed by atoms with Gasteiger partial charge in [0.15, 0.2) is 0 Å². The van der Waals surface area contributed by atoms with Gasteiger partial charge in [-0.25, -0.2) is 4.98 Å². The van der Waals surface area contributed by atoms with Gasteiger partial charge in [0.05, 0.1) is 16.5 Å². The van der Waals surface area contributed by atoms with Crippen molar-refractivity contribution in [1.82, 2.24) is 4.98 Å². The summed E-state index contributed by atoms with van der Waals surface area (Å²) >= 11 is 0. The highest BCUT2D eigenvalue weighted by Crippen LogP contribution is 2.56. The third kappa shape index (κ3) is 8.44. The number of aromatic nitrogens is 1. The molecule has 0 N–H and O–H groups in total. The minimum absolute atomic E-state index is 0.432. The Balaban J connectivity index is 0.781. The second kappa shape index (κ2) is 20.1. The first-order valence-corrected chi connectivity index (χ1v) is 27.3. The Labute approximate surface area is 461 Å². The maximum Gasteiger partial charge on any atom is 0.143 e. The zero-order valence-electron chi connectivity index (χ0n) is 43.6. The average Bonchev–Trinajstić information content (AvgIpc) is 3.26. The Morgan fingerprint density at radius 2 is 1.04 bits per heavy atom. The van der Waals surface area contributed by atoms with E-state index in [4.69, 9.17) is 9.40 Å². The van der Waals surface area contributed by atoms with Crippen molar-refractivity contribution in [2.45, 2.75) is 18.3 Å². The molecular weight excluding hydrogens is 957 g/mol. The molecule has 2 aromatic heterocycles. The fourth-order valence-corrected chi connectivity index (χ4v) is 12.2. The molecule has 0 aliphatic heterocycles. The highest BCUT2D eigenvalue weighted by Gasteiger charge is 2.46. The minimum Gasteiger partial charge on any atom is -0.455 e. The zero-order valence-corrected chi connectivity index (χ0v) is 43.6. The van der Waals surface area contributed by atoms with Crippen LogP contribution in [0.25, 0.3) is 90.4 Å². The number of allylic oxidation sites excluding steroid dienone is 4. The summed E-state index contributed by atoms with van der Waals surface area (Å²) < 4.78 is 6.46. The number of para-hydroxylation sites is 2. The van der Waals surface area contributed by atoms with Crippen molar-refractivity contribution in [3.63, 3.8) is 0 Å². The van der Waals surface area contributed by atoms with Gasteiger partial charge in [-0.3, -0.25) is 0 Å². The molecule has 0 bridgehead atoms. The lowest BCUT2D eigenvalue weighted by atomic mass is 9.67. The molecule has 2 heterocycles. The van der Waals surface area contributed by atoms with E-state index in [1.807, 2.05) is 12.1 Å². The van der Waals surface area contributed by atoms with Crippen molar-refractivity contribution in [2.75, 3.05) is 4.90 Å². The maximum absolute atomic E-state index is 6.46. The fourth-order valence-electron chi connectivity index (χ4n) is 12.2. The molecule has 10 aromatic carbocycles. The molecule has 0 fully saturated rings. The molecule has 374 valence electrons. The number of hydrogen-bond donors (Lipinski definition) is 0. The van der Waals surface area contributed by atoms with Crippen LogP contribution >= 0.6 is 0 Å². The van der Waals surface area contributed by atoms with Gasteiger partial charge in [0, 0.05) is 44.5 Å². The summed E-state index contributed by atoms with van der Waals surface area (Å²) in [6.07, 6.45) is 15.1. The second-order valence-corrected chi connectivity index (χ2v) is 20.5. The average molecular weight is 1010 g/mol. The van der Waals surface area contributed by atoms with Gasteiger partial charge < -0.3 is 9.32 Å². The van der Waals surface area contributed by atoms with Gasteiger partial charge >= 0.3 is 0 Å². The second-order valence-electron chi connectivity index (χ2n) is 20.5. The molecule has 3 nitrogen and oxygen atoms in total. The Bertz CT molecular complexity index is 4420. The summed E-state index contributed by atoms with van der Waals surface area (Å²) in [6, 6.07) is 91.7. The summed E-state index contributed by atoms with van der Waals surface area (Å²) in [4.78, 5) is 7.68. The predicted octanol–water partition coefficient (Wildman–Crippen LogP) is 18.5. The Kier molecular flexibility index (Phi) is 12.1. The first-order valence-electron chi connectivity index (χ1n) is 27.3. The van der Waals surface area contributed by atoms with E-state index in [9.17, 15) is 0 Å². The molecule has 0 amide bonds. The third-order valence-corrected chi connectivity index (χ3v) is 16.0. The molecule has 0 saturated carbocycles. The maximum atomic E-state index is 6.46. The molecule has 14 rings (SSSR count). The number of anilines is 3. The Morgan fingerprint density at radius 1 is 0.468 bits per heavy atom. The van der Waals surface area contributed by atoms with Crippen LogP contribution < -0.4 is 15.5 Å². The van der Waals surface area contributed by atoms with Gasteiger partial charge in [-0.05, 0) is 134 Å². The monoisotopic (exact) mass is 1010 g/mol. The predicted molar refractivity (Wildman–Crippen MR) is 331 cm³/mol. The zero-order chi connectivity index (χ0) is 52.7. The number of furan rings is 1. The van der Waals surface area contributed by atoms with Gasteiger partial charge in [0.2, 0.25) is 0 Å². The number of hydrogen-bond acceptors (Lipinski definition) is 3. The highest BCUT2D eigenvalue weighted by atomic mass is 16.3. The SMILES string of the molecule is C=C(/C=C\C=C\c1cc2c(nc1-c1ccc(N(c3ccc(-c4ccccc4)cc3)c3ccc(-c4cccc5c4oc4ccccc45)cc3)cc1)=CCCC=2)c1ccc2c(c1)-c1ccccc1C2(c1ccccc1)c1ccccc1. The summed E-state index contributed by atoms with van der Waals surface area (Å²) in [5.74, 6) is 0. The molecular formula is C76H54N2O.